The number of unbranched alkanes of at least 4 members (excludes halogenated alkanes) is 12. The molecule has 2 aliphatic rings. The van der Waals surface area contributed by atoms with E-state index in [9.17, 15) is 77.3 Å². The number of ether oxygens (including phenoxy) is 2. The van der Waals surface area contributed by atoms with E-state index in [0.29, 0.717) is 53.6 Å². The Balaban J connectivity index is 1.08. The molecule has 6 rings (SSSR count). The van der Waals surface area contributed by atoms with Gasteiger partial charge in [-0.15, -0.1) is 5.10 Å². The highest BCUT2D eigenvalue weighted by Crippen LogP contribution is 2.24. The van der Waals surface area contributed by atoms with E-state index >= 15 is 14.4 Å². The molecule has 12 atom stereocenters. The Hall–Kier alpha value is -13.4. The van der Waals surface area contributed by atoms with Crippen LogP contribution in [-0.2, 0) is 99.0 Å². The molecule has 0 bridgehead atoms. The van der Waals surface area contributed by atoms with Gasteiger partial charge in [-0.25, -0.2) is 9.89 Å². The number of H-pyrrole nitrogens is 2. The van der Waals surface area contributed by atoms with E-state index in [1.165, 1.54) is 51.2 Å². The fourth-order valence-corrected chi connectivity index (χ4v) is 15.7. The third-order valence-electron chi connectivity index (χ3n) is 23.8. The van der Waals surface area contributed by atoms with Crippen molar-refractivity contribution >= 4 is 123 Å². The topological polar surface area (TPSA) is 740 Å². The molecule has 47 nitrogen and oxygen atoms in total. The summed E-state index contributed by atoms with van der Waals surface area (Å²) in [6.07, 6.45) is 18.3. The van der Waals surface area contributed by atoms with Crippen LogP contribution in [0.4, 0.5) is 4.79 Å². The number of nitrogens with two attached hydrogens (primary N) is 4. The van der Waals surface area contributed by atoms with E-state index < -0.39 is 219 Å². The second-order valence-corrected chi connectivity index (χ2v) is 35.2. The first-order valence-corrected chi connectivity index (χ1v) is 48.8. The van der Waals surface area contributed by atoms with Crippen LogP contribution < -0.4 is 103 Å². The molecule has 28 N–H and O–H groups in total. The summed E-state index contributed by atoms with van der Waals surface area (Å²) in [5, 5.41) is 82.1. The number of aliphatic imine (C=N–C) groups is 1. The van der Waals surface area contributed by atoms with Crippen LogP contribution >= 0.6 is 0 Å². The number of hydrogen-bond donors (Lipinski definition) is 24. The molecule has 0 saturated carbocycles. The minimum atomic E-state index is -1.92. The molecule has 778 valence electrons. The molecule has 1 fully saturated rings. The van der Waals surface area contributed by atoms with Crippen molar-refractivity contribution in [1.29, 1.82) is 5.41 Å². The van der Waals surface area contributed by atoms with Gasteiger partial charge in [-0.3, -0.25) is 87.1 Å². The number of aliphatic hydroxyl groups is 2. The molecule has 2 aromatic heterocycles. The molecule has 2 aliphatic heterocycles. The summed E-state index contributed by atoms with van der Waals surface area (Å²) in [6, 6.07) is -3.20. The highest BCUT2D eigenvalue weighted by molar-refractivity contribution is 6.01. The van der Waals surface area contributed by atoms with E-state index in [1.54, 1.807) is 67.7 Å². The monoisotopic (exact) mass is 1980 g/mol. The molecular formula is C94H146N26O21. The number of primary amides is 3. The Labute approximate surface area is 819 Å². The standard InChI is InChI=1S/C94H146N26O21/c1-3-4-34-67(83(129)111-70-41-40-63(123)32-20-16-21-36-66(81(96)128)107-89(135)73(52-61-54-104-65-35-24-23-33-64(61)65)114-85(131)69(37-26-45-102-93(97)98)109-88(134)72(51-60-29-18-15-19-30-60)113-84(130)68(108-86(70)132)38-27-46-103-94(99)139)110-92(138)76(57-122)116-90(136)74(53-62-31-25-44-100-62)115-87(133)71(42-43-77(95)124)112-91(137)75(56-121)106-79(126)55-105-80(127)58-141-50-49-140-48-47-101-78(125)39-22-14-12-10-8-6-5-7-9-11-13-17-28-59(2)82-117-119-120-118-82/h15,18-19,23-24,29-31,33,35,44,54,59,66-76,104,121-122H,3-14,16-17,20-22,25-28,32,34,36-43,45-53,55-58H2,1-2H3,(H2,95,124)(H2,96,128)(H,101,125)(H,105,127)(H,106,126)(H,107,135)(H,108,132)(H,109,134)(H,110,138)(H,111,129)(H,112,137)(H,113,130)(H,114,131)(H,115,133)(H,116,136)(H4,97,98,102)(H3,99,103,139)(H,117,118,119,120)/t59?,66-,67-,68-,69-,70-,71+,72+,73-,74-,75-,76-/m0/s1. The van der Waals surface area contributed by atoms with E-state index in [0.717, 1.165) is 44.3 Å². The van der Waals surface area contributed by atoms with Crippen molar-refractivity contribution in [3.05, 3.63) is 89.5 Å². The van der Waals surface area contributed by atoms with Crippen LogP contribution in [0.2, 0.25) is 0 Å². The largest absolute Gasteiger partial charge is 0.394 e. The number of nitrogens with one attached hydrogen (secondary N) is 18. The van der Waals surface area contributed by atoms with Gasteiger partial charge in [0.25, 0.3) is 0 Å². The molecule has 17 amide bonds. The lowest BCUT2D eigenvalue weighted by molar-refractivity contribution is -0.137. The van der Waals surface area contributed by atoms with Crippen molar-refractivity contribution in [1.82, 2.24) is 105 Å². The maximum absolute atomic E-state index is 15.1. The number of amides is 17. The van der Waals surface area contributed by atoms with Gasteiger partial charge in [0, 0.05) is 106 Å². The summed E-state index contributed by atoms with van der Waals surface area (Å²) in [4.78, 5) is 244. The number of benzene rings is 2. The van der Waals surface area contributed by atoms with E-state index in [4.69, 9.17) is 37.8 Å². The molecule has 4 heterocycles. The number of tetrazole rings is 1. The molecule has 141 heavy (non-hydrogen) atoms. The van der Waals surface area contributed by atoms with Crippen LogP contribution in [0.15, 0.2) is 77.6 Å². The number of rotatable bonds is 60. The maximum atomic E-state index is 15.1. The second kappa shape index (κ2) is 66.2. The number of guanidine groups is 1. The predicted molar refractivity (Wildman–Crippen MR) is 519 cm³/mol. The maximum Gasteiger partial charge on any atom is 0.312 e. The van der Waals surface area contributed by atoms with Gasteiger partial charge in [-0.05, 0) is 98.2 Å². The third-order valence-corrected chi connectivity index (χ3v) is 23.8. The molecular weight excluding hydrogens is 1830 g/mol. The predicted octanol–water partition coefficient (Wildman–Crippen LogP) is -0.971. The van der Waals surface area contributed by atoms with Gasteiger partial charge in [-0.1, -0.05) is 165 Å². The number of aliphatic hydroxyl groups excluding tert-OH is 2. The fourth-order valence-electron chi connectivity index (χ4n) is 15.7. The zero-order valence-electron chi connectivity index (χ0n) is 80.7. The van der Waals surface area contributed by atoms with E-state index in [2.05, 4.69) is 117 Å². The number of Topliss-reactive ketones (excluding diaryl/α,β-unsaturated/α-hetero) is 1. The molecule has 2 aromatic carbocycles. The van der Waals surface area contributed by atoms with Gasteiger partial charge in [0.1, 0.15) is 78.9 Å². The van der Waals surface area contributed by atoms with Gasteiger partial charge in [-0.2, -0.15) is 0 Å². The van der Waals surface area contributed by atoms with Crippen LogP contribution in [-0.4, -0.2) is 281 Å². The van der Waals surface area contributed by atoms with E-state index in [1.807, 2.05) is 6.07 Å². The van der Waals surface area contributed by atoms with Crippen LogP contribution in [0.5, 0.6) is 0 Å². The van der Waals surface area contributed by atoms with Gasteiger partial charge in [0.15, 0.2) is 11.8 Å². The first-order chi connectivity index (χ1) is 67.8. The first-order valence-electron chi connectivity index (χ1n) is 48.8. The van der Waals surface area contributed by atoms with Crippen LogP contribution in [0.25, 0.3) is 10.9 Å². The number of para-hydroxylation sites is 1. The van der Waals surface area contributed by atoms with Gasteiger partial charge >= 0.3 is 6.03 Å². The van der Waals surface area contributed by atoms with E-state index in [-0.39, 0.29) is 135 Å². The molecule has 1 unspecified atom stereocenters. The Morgan fingerprint density at radius 2 is 1.10 bits per heavy atom. The molecule has 4 aromatic rings. The van der Waals surface area contributed by atoms with Crippen molar-refractivity contribution in [3.63, 3.8) is 0 Å². The number of aromatic amines is 2. The van der Waals surface area contributed by atoms with Gasteiger partial charge < -0.3 is 127 Å². The van der Waals surface area contributed by atoms with Crippen LogP contribution in [0.1, 0.15) is 242 Å². The van der Waals surface area contributed by atoms with Crippen molar-refractivity contribution in [3.8, 4) is 0 Å². The smallest absolute Gasteiger partial charge is 0.312 e. The number of carbonyl (C=O) groups is 17. The second-order valence-electron chi connectivity index (χ2n) is 35.2. The number of hydrogen-bond acceptors (Lipinski definition) is 26. The Kier molecular flexibility index (Phi) is 54.6. The van der Waals surface area contributed by atoms with Crippen molar-refractivity contribution < 1.29 is 101 Å². The molecule has 0 radical (unpaired) electrons. The summed E-state index contributed by atoms with van der Waals surface area (Å²) >= 11 is 0. The van der Waals surface area contributed by atoms with Gasteiger partial charge in [0.2, 0.25) is 88.6 Å². The zero-order valence-corrected chi connectivity index (χ0v) is 80.7. The number of fused-ring (bicyclic) bond motifs is 1. The van der Waals surface area contributed by atoms with Crippen LogP contribution in [0, 0.1) is 5.41 Å². The average Bonchev–Trinajstić information content (AvgIpc) is 1.65. The highest BCUT2D eigenvalue weighted by atomic mass is 16.5. The number of urea groups is 1. The Bertz CT molecular complexity index is 4730. The SMILES string of the molecule is CCCC[C@H](NC(=O)[C@H](CO)NC(=O)[C@H](CC1=CCC=N1)NC(=O)[C@@H](CCC(N)=O)NC(=O)[C@H](CO)NC(=O)CNC(=O)COCCOCCNC(=O)CCCCCCCCCCCCCCC(C)c1nnn[nH]1)C(=O)N[C@H]1CCC(=O)CCCCC[C@@H](C(N)=O)NC(=O)[C@H](Cc2c[nH]c3ccccc23)NC(=O)[C@H](CCCNC(=N)N)NC(=O)[C@@H](Cc2ccccc2)NC(=O)[C@H](CCCNC(N)=O)NC1=O. The fraction of sp³-hybridized carbons (Fsp3) is 0.617. The average molecular weight is 1980 g/mol. The summed E-state index contributed by atoms with van der Waals surface area (Å²) in [6.45, 7) is 0.907. The molecule has 0 aliphatic carbocycles. The summed E-state index contributed by atoms with van der Waals surface area (Å²) in [5.41, 5.74) is 24.4. The third kappa shape index (κ3) is 46.5. The lowest BCUT2D eigenvalue weighted by Crippen LogP contribution is -2.61. The number of carbonyl (C=O) groups excluding carboxylic acids is 17. The number of aromatic nitrogens is 5. The number of ketones is 1. The van der Waals surface area contributed by atoms with Crippen LogP contribution in [0.3, 0.4) is 0 Å². The normalized spacial score (nSPS) is 18.2. The zero-order chi connectivity index (χ0) is 103. The quantitative estimate of drug-likeness (QED) is 0.0144. The first kappa shape index (κ1) is 116. The summed E-state index contributed by atoms with van der Waals surface area (Å²) in [7, 11) is 0. The van der Waals surface area contributed by atoms with Gasteiger partial charge in [0.05, 0.1) is 39.6 Å². The number of nitrogens with zero attached hydrogens (tertiary/aromatic N) is 4. The minimum absolute atomic E-state index is 0.0153. The summed E-state index contributed by atoms with van der Waals surface area (Å²) < 4.78 is 10.9. The molecule has 0 spiro atoms. The highest BCUT2D eigenvalue weighted by Gasteiger charge is 2.38. The molecule has 1 saturated heterocycles. The minimum Gasteiger partial charge on any atom is -0.394 e. The van der Waals surface area contributed by atoms with Crippen molar-refractivity contribution in [2.75, 3.05) is 65.8 Å². The lowest BCUT2D eigenvalue weighted by Gasteiger charge is -2.28. The number of allylic oxidation sites excluding steroid dienone is 1. The summed E-state index contributed by atoms with van der Waals surface area (Å²) in [5.74, 6) is -13.6. The van der Waals surface area contributed by atoms with Crippen molar-refractivity contribution in [2.24, 2.45) is 27.9 Å². The van der Waals surface area contributed by atoms with Crippen molar-refractivity contribution in [2.45, 2.75) is 305 Å². The lowest BCUT2D eigenvalue weighted by atomic mass is 9.99. The Morgan fingerprint density at radius 1 is 0.525 bits per heavy atom. The molecule has 47 heteroatoms. The Morgan fingerprint density at radius 3 is 1.72 bits per heavy atom.